The summed E-state index contributed by atoms with van der Waals surface area (Å²) in [5, 5.41) is 17.7. The molecule has 5 heteroatoms. The maximum absolute atomic E-state index is 8.83. The van der Waals surface area contributed by atoms with Crippen molar-refractivity contribution in [1.29, 1.82) is 0 Å². The quantitative estimate of drug-likeness (QED) is 0.646. The second-order valence-corrected chi connectivity index (χ2v) is 3.03. The van der Waals surface area contributed by atoms with E-state index in [1.807, 2.05) is 17.0 Å². The molecule has 0 saturated carbocycles. The molecule has 0 fully saturated rings. The third kappa shape index (κ3) is 4.38. The number of nitrogen functional groups attached to an aromatic ring is 1. The maximum atomic E-state index is 8.83. The number of benzene rings is 1. The third-order valence-corrected chi connectivity index (χ3v) is 2.00. The molecular formula is C10H17ClN2O2. The van der Waals surface area contributed by atoms with Crippen LogP contribution in [0.15, 0.2) is 24.3 Å². The number of anilines is 2. The monoisotopic (exact) mass is 232 g/mol. The van der Waals surface area contributed by atoms with Gasteiger partial charge in [-0.15, -0.1) is 12.4 Å². The highest BCUT2D eigenvalue weighted by Gasteiger charge is 2.03. The minimum atomic E-state index is 0. The highest BCUT2D eigenvalue weighted by molar-refractivity contribution is 5.85. The number of hydrogen-bond acceptors (Lipinski definition) is 4. The molecule has 0 heterocycles. The number of aliphatic hydroxyl groups is 2. The molecule has 0 aromatic heterocycles. The molecule has 0 aliphatic rings. The van der Waals surface area contributed by atoms with Gasteiger partial charge in [-0.05, 0) is 24.3 Å². The van der Waals surface area contributed by atoms with Crippen molar-refractivity contribution in [2.45, 2.75) is 0 Å². The molecule has 0 spiro atoms. The van der Waals surface area contributed by atoms with Gasteiger partial charge in [0.05, 0.1) is 13.2 Å². The fourth-order valence-electron chi connectivity index (χ4n) is 1.30. The summed E-state index contributed by atoms with van der Waals surface area (Å²) in [6.45, 7) is 1.18. The fraction of sp³-hybridized carbons (Fsp3) is 0.400. The zero-order chi connectivity index (χ0) is 10.4. The lowest BCUT2D eigenvalue weighted by Crippen LogP contribution is -2.29. The van der Waals surface area contributed by atoms with Crippen molar-refractivity contribution in [1.82, 2.24) is 0 Å². The van der Waals surface area contributed by atoms with Crippen molar-refractivity contribution in [3.63, 3.8) is 0 Å². The summed E-state index contributed by atoms with van der Waals surface area (Å²) in [6, 6.07) is 7.36. The summed E-state index contributed by atoms with van der Waals surface area (Å²) in [6.07, 6.45) is 0. The van der Waals surface area contributed by atoms with Gasteiger partial charge in [0.15, 0.2) is 0 Å². The third-order valence-electron chi connectivity index (χ3n) is 2.00. The van der Waals surface area contributed by atoms with E-state index in [2.05, 4.69) is 0 Å². The van der Waals surface area contributed by atoms with E-state index >= 15 is 0 Å². The highest BCUT2D eigenvalue weighted by Crippen LogP contribution is 2.15. The predicted molar refractivity (Wildman–Crippen MR) is 64.5 cm³/mol. The van der Waals surface area contributed by atoms with E-state index in [0.717, 1.165) is 5.69 Å². The number of rotatable bonds is 5. The van der Waals surface area contributed by atoms with Gasteiger partial charge >= 0.3 is 0 Å². The minimum Gasteiger partial charge on any atom is -0.399 e. The van der Waals surface area contributed by atoms with Crippen LogP contribution < -0.4 is 10.6 Å². The van der Waals surface area contributed by atoms with Gasteiger partial charge in [0, 0.05) is 24.5 Å². The molecule has 0 aliphatic carbocycles. The van der Waals surface area contributed by atoms with Gasteiger partial charge in [-0.3, -0.25) is 0 Å². The van der Waals surface area contributed by atoms with Crippen molar-refractivity contribution in [3.8, 4) is 0 Å². The summed E-state index contributed by atoms with van der Waals surface area (Å²) in [5.41, 5.74) is 7.23. The van der Waals surface area contributed by atoms with E-state index < -0.39 is 0 Å². The predicted octanol–water partition coefficient (Wildman–Crippen LogP) is 0.482. The lowest BCUT2D eigenvalue weighted by molar-refractivity contribution is 0.281. The van der Waals surface area contributed by atoms with Crippen molar-refractivity contribution >= 4 is 23.8 Å². The molecule has 4 N–H and O–H groups in total. The first-order valence-corrected chi connectivity index (χ1v) is 4.60. The summed E-state index contributed by atoms with van der Waals surface area (Å²) in [7, 11) is 0. The standard InChI is InChI=1S/C10H16N2O2.ClH/c11-9-1-3-10(4-2-9)12(5-7-13)6-8-14;/h1-4,13-14H,5-8,11H2;1H. The lowest BCUT2D eigenvalue weighted by Gasteiger charge is -2.22. The first-order chi connectivity index (χ1) is 6.77. The Labute approximate surface area is 95.7 Å². The normalized spacial score (nSPS) is 9.47. The zero-order valence-electron chi connectivity index (χ0n) is 8.47. The molecule has 0 unspecified atom stereocenters. The molecule has 0 saturated heterocycles. The van der Waals surface area contributed by atoms with E-state index in [9.17, 15) is 0 Å². The average molecular weight is 233 g/mol. The van der Waals surface area contributed by atoms with E-state index in [-0.39, 0.29) is 25.6 Å². The molecule has 0 aliphatic heterocycles. The van der Waals surface area contributed by atoms with Crippen LogP contribution in [0.5, 0.6) is 0 Å². The maximum Gasteiger partial charge on any atom is 0.0606 e. The molecule has 1 aromatic carbocycles. The van der Waals surface area contributed by atoms with Gasteiger partial charge in [0.2, 0.25) is 0 Å². The molecule has 86 valence electrons. The lowest BCUT2D eigenvalue weighted by atomic mass is 10.2. The smallest absolute Gasteiger partial charge is 0.0606 e. The first kappa shape index (κ1) is 14.0. The first-order valence-electron chi connectivity index (χ1n) is 4.60. The second kappa shape index (κ2) is 7.34. The van der Waals surface area contributed by atoms with E-state index in [1.165, 1.54) is 0 Å². The molecule has 15 heavy (non-hydrogen) atoms. The number of nitrogens with zero attached hydrogens (tertiary/aromatic N) is 1. The number of aliphatic hydroxyl groups excluding tert-OH is 2. The van der Waals surface area contributed by atoms with Gasteiger partial charge < -0.3 is 20.8 Å². The molecule has 4 nitrogen and oxygen atoms in total. The Hall–Kier alpha value is -0.970. The second-order valence-electron chi connectivity index (χ2n) is 3.03. The van der Waals surface area contributed by atoms with Crippen LogP contribution >= 0.6 is 12.4 Å². The topological polar surface area (TPSA) is 69.7 Å². The Kier molecular flexibility index (Phi) is 6.86. The Balaban J connectivity index is 0.00000196. The summed E-state index contributed by atoms with van der Waals surface area (Å²) >= 11 is 0. The van der Waals surface area contributed by atoms with Gasteiger partial charge in [0.25, 0.3) is 0 Å². The highest BCUT2D eigenvalue weighted by atomic mass is 35.5. The summed E-state index contributed by atoms with van der Waals surface area (Å²) in [5.74, 6) is 0. The Morgan fingerprint density at radius 1 is 1.00 bits per heavy atom. The molecule has 0 atom stereocenters. The van der Waals surface area contributed by atoms with Gasteiger partial charge in [-0.2, -0.15) is 0 Å². The van der Waals surface area contributed by atoms with Crippen molar-refractivity contribution < 1.29 is 10.2 Å². The van der Waals surface area contributed by atoms with Crippen LogP contribution in [-0.2, 0) is 0 Å². The molecular weight excluding hydrogens is 216 g/mol. The van der Waals surface area contributed by atoms with Crippen LogP contribution in [0.4, 0.5) is 11.4 Å². The van der Waals surface area contributed by atoms with Gasteiger partial charge in [-0.1, -0.05) is 0 Å². The number of hydrogen-bond donors (Lipinski definition) is 3. The molecule has 0 amide bonds. The summed E-state index contributed by atoms with van der Waals surface area (Å²) < 4.78 is 0. The number of halogens is 1. The SMILES string of the molecule is Cl.Nc1ccc(N(CCO)CCO)cc1. The van der Waals surface area contributed by atoms with Crippen LogP contribution in [0.25, 0.3) is 0 Å². The van der Waals surface area contributed by atoms with Crippen LogP contribution in [0.3, 0.4) is 0 Å². The van der Waals surface area contributed by atoms with Gasteiger partial charge in [-0.25, -0.2) is 0 Å². The van der Waals surface area contributed by atoms with E-state index in [4.69, 9.17) is 15.9 Å². The molecule has 1 aromatic rings. The van der Waals surface area contributed by atoms with Crippen LogP contribution in [-0.4, -0.2) is 36.5 Å². The summed E-state index contributed by atoms with van der Waals surface area (Å²) in [4.78, 5) is 1.90. The molecule has 0 radical (unpaired) electrons. The zero-order valence-corrected chi connectivity index (χ0v) is 9.28. The molecule has 1 rings (SSSR count). The Morgan fingerprint density at radius 2 is 1.47 bits per heavy atom. The van der Waals surface area contributed by atoms with Crippen molar-refractivity contribution in [2.24, 2.45) is 0 Å². The van der Waals surface area contributed by atoms with Crippen molar-refractivity contribution in [2.75, 3.05) is 36.9 Å². The number of nitrogens with two attached hydrogens (primary N) is 1. The van der Waals surface area contributed by atoms with Crippen molar-refractivity contribution in [3.05, 3.63) is 24.3 Å². The Morgan fingerprint density at radius 3 is 1.87 bits per heavy atom. The van der Waals surface area contributed by atoms with Crippen LogP contribution in [0.1, 0.15) is 0 Å². The van der Waals surface area contributed by atoms with Gasteiger partial charge in [0.1, 0.15) is 0 Å². The van der Waals surface area contributed by atoms with E-state index in [1.54, 1.807) is 12.1 Å². The Bertz CT molecular complexity index is 261. The fourth-order valence-corrected chi connectivity index (χ4v) is 1.30. The van der Waals surface area contributed by atoms with Crippen LogP contribution in [0.2, 0.25) is 0 Å². The average Bonchev–Trinajstić information content (AvgIpc) is 2.19. The van der Waals surface area contributed by atoms with E-state index in [0.29, 0.717) is 18.8 Å². The largest absolute Gasteiger partial charge is 0.399 e. The van der Waals surface area contributed by atoms with Crippen LogP contribution in [0, 0.1) is 0 Å². The minimum absolute atomic E-state index is 0. The molecule has 0 bridgehead atoms.